The number of nitrogens with zero attached hydrogens (tertiary/aromatic N) is 1. The van der Waals surface area contributed by atoms with E-state index in [9.17, 15) is 69.0 Å². The van der Waals surface area contributed by atoms with E-state index in [4.69, 9.17) is 18.9 Å². The standard InChI is InChI=1S/C54H93NO18.3CH4/c1-9-11-12-13-14-15-16-17-18-19-20-21-22-23-25-39(44(47(64)65)38(4)45(60)61)30-42(46(62)63)37(3)48(66)71-33-41(58)34-72-49(67)52(5,6)35-54(8,51(69)73-32-40(57)31-56)36-53(7,10-2)50(68)70-29-28-55-27-24-26-43(55)59;;;/h37-42,44,56-58H,9-36H2,1-8H3,(H,60,61)(H,62,63)(H,64,65);3*1H4. The number of likely N-dealkylation sites (tertiary alicyclic amines) is 1. The Balaban J connectivity index is -0.0000178. The molecule has 0 aromatic heterocycles. The number of carboxylic acids is 3. The Kier molecular flexibility index (Phi) is 39.0. The average Bonchev–Trinajstić information content (AvgIpc) is 3.75. The van der Waals surface area contributed by atoms with E-state index in [0.29, 0.717) is 25.8 Å². The monoisotopic (exact) mass is 1090 g/mol. The summed E-state index contributed by atoms with van der Waals surface area (Å²) in [5.41, 5.74) is -4.39. The molecule has 0 saturated carbocycles. The zero-order valence-corrected chi connectivity index (χ0v) is 45.4. The SMILES string of the molecule is C.C.C.CCCCCCCCCCCCCCCCC(CC(C(=O)O)C(C)C(=O)OCC(O)COC(=O)C(C)(C)CC(C)(CC(C)(CC)C(=O)OCCN1CCCC1=O)C(=O)OCC(O)CO)C(C(=O)O)C(C)C(=O)O. The van der Waals surface area contributed by atoms with Gasteiger partial charge in [0.05, 0.1) is 53.1 Å². The molecule has 19 nitrogen and oxygen atoms in total. The van der Waals surface area contributed by atoms with Crippen molar-refractivity contribution in [2.75, 3.05) is 46.1 Å². The number of hydrogen-bond donors (Lipinski definition) is 6. The van der Waals surface area contributed by atoms with Gasteiger partial charge in [0.2, 0.25) is 5.91 Å². The molecule has 1 aliphatic rings. The van der Waals surface area contributed by atoms with E-state index in [1.807, 2.05) is 0 Å². The molecule has 1 fully saturated rings. The van der Waals surface area contributed by atoms with Crippen LogP contribution in [-0.4, -0.2) is 142 Å². The smallest absolute Gasteiger partial charge is 0.311 e. The number of esters is 4. The molecule has 0 aliphatic carbocycles. The van der Waals surface area contributed by atoms with Crippen LogP contribution in [0.15, 0.2) is 0 Å². The lowest BCUT2D eigenvalue weighted by atomic mass is 9.65. The Hall–Kier alpha value is -4.36. The summed E-state index contributed by atoms with van der Waals surface area (Å²) in [5, 5.41) is 60.3. The van der Waals surface area contributed by atoms with Gasteiger partial charge in [-0.25, -0.2) is 0 Å². The van der Waals surface area contributed by atoms with Crippen LogP contribution in [0, 0.1) is 45.8 Å². The minimum atomic E-state index is -1.60. The number of carboxylic acid groups (broad SMARTS) is 3. The average molecular weight is 1090 g/mol. The summed E-state index contributed by atoms with van der Waals surface area (Å²) in [6, 6.07) is 0. The number of unbranched alkanes of at least 4 members (excludes halogenated alkanes) is 13. The molecule has 19 heteroatoms. The fourth-order valence-electron chi connectivity index (χ4n) is 9.98. The first-order valence-corrected chi connectivity index (χ1v) is 26.9. The lowest BCUT2D eigenvalue weighted by Gasteiger charge is -2.39. The van der Waals surface area contributed by atoms with E-state index in [2.05, 4.69) is 6.92 Å². The van der Waals surface area contributed by atoms with Crippen molar-refractivity contribution in [2.45, 2.75) is 225 Å². The number of ether oxygens (including phenoxy) is 4. The quantitative estimate of drug-likeness (QED) is 0.0188. The van der Waals surface area contributed by atoms with E-state index >= 15 is 0 Å². The van der Waals surface area contributed by atoms with E-state index in [-0.39, 0.29) is 73.4 Å². The summed E-state index contributed by atoms with van der Waals surface area (Å²) in [7, 11) is 0. The highest BCUT2D eigenvalue weighted by Crippen LogP contribution is 2.46. The summed E-state index contributed by atoms with van der Waals surface area (Å²) in [6.45, 7) is 10.5. The summed E-state index contributed by atoms with van der Waals surface area (Å²) < 4.78 is 21.6. The zero-order chi connectivity index (χ0) is 55.4. The maximum absolute atomic E-state index is 13.8. The van der Waals surface area contributed by atoms with Crippen LogP contribution in [0.1, 0.15) is 213 Å². The van der Waals surface area contributed by atoms with Gasteiger partial charge in [0, 0.05) is 13.0 Å². The lowest BCUT2D eigenvalue weighted by Crippen LogP contribution is -2.45. The van der Waals surface area contributed by atoms with Crippen LogP contribution >= 0.6 is 0 Å². The number of aliphatic carboxylic acids is 3. The fraction of sp³-hybridized carbons (Fsp3) is 0.860. The van der Waals surface area contributed by atoms with Gasteiger partial charge in [0.1, 0.15) is 38.6 Å². The second-order valence-electron chi connectivity index (χ2n) is 21.8. The van der Waals surface area contributed by atoms with Crippen molar-refractivity contribution in [1.82, 2.24) is 4.90 Å². The molecule has 1 aliphatic heterocycles. The number of aliphatic hydroxyl groups is 3. The van der Waals surface area contributed by atoms with E-state index < -0.39 is 126 Å². The molecule has 9 unspecified atom stereocenters. The molecule has 1 heterocycles. The van der Waals surface area contributed by atoms with Crippen molar-refractivity contribution in [2.24, 2.45) is 45.8 Å². The van der Waals surface area contributed by atoms with Crippen molar-refractivity contribution in [3.8, 4) is 0 Å². The third kappa shape index (κ3) is 27.3. The topological polar surface area (TPSA) is 298 Å². The van der Waals surface area contributed by atoms with Crippen molar-refractivity contribution < 1.29 is 87.9 Å². The Morgan fingerprint density at radius 1 is 0.605 bits per heavy atom. The summed E-state index contributed by atoms with van der Waals surface area (Å²) in [6.07, 6.45) is 13.2. The number of amides is 1. The number of carbonyl (C=O) groups excluding carboxylic acids is 5. The zero-order valence-electron chi connectivity index (χ0n) is 45.4. The van der Waals surface area contributed by atoms with Crippen molar-refractivity contribution in [3.05, 3.63) is 0 Å². The van der Waals surface area contributed by atoms with Crippen molar-refractivity contribution in [1.29, 1.82) is 0 Å². The largest absolute Gasteiger partial charge is 0.481 e. The molecule has 1 saturated heterocycles. The van der Waals surface area contributed by atoms with E-state index in [1.54, 1.807) is 18.7 Å². The number of aliphatic hydroxyl groups excluding tert-OH is 3. The second kappa shape index (κ2) is 39.1. The Morgan fingerprint density at radius 2 is 1.09 bits per heavy atom. The Labute approximate surface area is 455 Å². The van der Waals surface area contributed by atoms with E-state index in [0.717, 1.165) is 32.1 Å². The van der Waals surface area contributed by atoms with E-state index in [1.165, 1.54) is 86.0 Å². The van der Waals surface area contributed by atoms with Crippen molar-refractivity contribution in [3.63, 3.8) is 0 Å². The maximum Gasteiger partial charge on any atom is 0.311 e. The lowest BCUT2D eigenvalue weighted by molar-refractivity contribution is -0.172. The first-order chi connectivity index (χ1) is 34.3. The maximum atomic E-state index is 13.8. The van der Waals surface area contributed by atoms with Gasteiger partial charge in [0.25, 0.3) is 0 Å². The summed E-state index contributed by atoms with van der Waals surface area (Å²) in [4.78, 5) is 105. The van der Waals surface area contributed by atoms with Gasteiger partial charge in [-0.3, -0.25) is 38.4 Å². The third-order valence-corrected chi connectivity index (χ3v) is 14.6. The molecule has 0 aromatic carbocycles. The molecule has 9 atom stereocenters. The van der Waals surface area contributed by atoms with Crippen LogP contribution in [0.4, 0.5) is 0 Å². The number of rotatable bonds is 42. The normalized spacial score (nSPS) is 16.8. The minimum Gasteiger partial charge on any atom is -0.481 e. The summed E-state index contributed by atoms with van der Waals surface area (Å²) in [5.74, 6) is -14.1. The van der Waals surface area contributed by atoms with Crippen LogP contribution < -0.4 is 0 Å². The molecule has 0 bridgehead atoms. The van der Waals surface area contributed by atoms with Crippen molar-refractivity contribution >= 4 is 47.7 Å². The molecule has 1 amide bonds. The number of hydrogen-bond acceptors (Lipinski definition) is 15. The predicted octanol–water partition coefficient (Wildman–Crippen LogP) is 9.27. The Bertz CT molecular complexity index is 1720. The second-order valence-corrected chi connectivity index (χ2v) is 21.8. The van der Waals surface area contributed by atoms with Gasteiger partial charge in [-0.2, -0.15) is 0 Å². The van der Waals surface area contributed by atoms with Gasteiger partial charge in [-0.05, 0) is 72.1 Å². The molecular formula is C57H105NO18. The molecule has 76 heavy (non-hydrogen) atoms. The van der Waals surface area contributed by atoms with Gasteiger partial charge < -0.3 is 54.5 Å². The highest BCUT2D eigenvalue weighted by Gasteiger charge is 2.50. The first kappa shape index (κ1) is 75.9. The molecule has 446 valence electrons. The van der Waals surface area contributed by atoms with Crippen LogP contribution in [0.2, 0.25) is 0 Å². The summed E-state index contributed by atoms with van der Waals surface area (Å²) >= 11 is 0. The number of carbonyl (C=O) groups is 8. The molecule has 0 aromatic rings. The van der Waals surface area contributed by atoms with Gasteiger partial charge in [0.15, 0.2) is 0 Å². The molecule has 6 N–H and O–H groups in total. The third-order valence-electron chi connectivity index (χ3n) is 14.6. The first-order valence-electron chi connectivity index (χ1n) is 26.9. The fourth-order valence-corrected chi connectivity index (χ4v) is 9.98. The van der Waals surface area contributed by atoms with Gasteiger partial charge in [-0.15, -0.1) is 0 Å². The van der Waals surface area contributed by atoms with Crippen LogP contribution in [0.3, 0.4) is 0 Å². The molecule has 1 rings (SSSR count). The van der Waals surface area contributed by atoms with Crippen LogP contribution in [0.5, 0.6) is 0 Å². The highest BCUT2D eigenvalue weighted by molar-refractivity contribution is 5.84. The van der Waals surface area contributed by atoms with Gasteiger partial charge >= 0.3 is 41.8 Å². The van der Waals surface area contributed by atoms with Crippen LogP contribution in [0.25, 0.3) is 0 Å². The molecule has 0 radical (unpaired) electrons. The minimum absolute atomic E-state index is 0. The predicted molar refractivity (Wildman–Crippen MR) is 290 cm³/mol. The van der Waals surface area contributed by atoms with Crippen LogP contribution in [-0.2, 0) is 57.3 Å². The Morgan fingerprint density at radius 3 is 1.55 bits per heavy atom. The molecule has 0 spiro atoms. The molecular weight excluding hydrogens is 987 g/mol. The van der Waals surface area contributed by atoms with Gasteiger partial charge in [-0.1, -0.05) is 140 Å². The highest BCUT2D eigenvalue weighted by atomic mass is 16.6.